The molecule has 27 heavy (non-hydrogen) atoms. The van der Waals surface area contributed by atoms with E-state index in [1.165, 1.54) is 23.1 Å². The summed E-state index contributed by atoms with van der Waals surface area (Å²) < 4.78 is 2.70. The van der Waals surface area contributed by atoms with Crippen molar-refractivity contribution in [3.63, 3.8) is 0 Å². The molecular weight excluding hydrogens is 380 g/mol. The Morgan fingerprint density at radius 2 is 2.15 bits per heavy atom. The summed E-state index contributed by atoms with van der Waals surface area (Å²) in [6.45, 7) is 6.19. The molecule has 3 heterocycles. The number of hydrogen-bond donors (Lipinski definition) is 1. The SMILES string of the molecule is CCc1c(C)nc2n(c1=O)CC(C(=O)Nc1nc3c(C)cccc3s1)CS2. The highest BCUT2D eigenvalue weighted by atomic mass is 32.2. The van der Waals surface area contributed by atoms with Crippen molar-refractivity contribution < 1.29 is 4.79 Å². The monoisotopic (exact) mass is 400 g/mol. The molecule has 3 aromatic rings. The topological polar surface area (TPSA) is 76.9 Å². The van der Waals surface area contributed by atoms with Gasteiger partial charge in [0.2, 0.25) is 5.91 Å². The van der Waals surface area contributed by atoms with Gasteiger partial charge in [0, 0.05) is 23.6 Å². The molecule has 1 atom stereocenters. The highest BCUT2D eigenvalue weighted by Gasteiger charge is 2.28. The Hall–Kier alpha value is -2.19. The highest BCUT2D eigenvalue weighted by molar-refractivity contribution is 7.99. The van der Waals surface area contributed by atoms with Crippen molar-refractivity contribution in [2.45, 2.75) is 38.9 Å². The van der Waals surface area contributed by atoms with Crippen LogP contribution in [0, 0.1) is 19.8 Å². The van der Waals surface area contributed by atoms with Crippen molar-refractivity contribution in [1.82, 2.24) is 14.5 Å². The average molecular weight is 401 g/mol. The fraction of sp³-hybridized carbons (Fsp3) is 0.368. The molecule has 0 saturated heterocycles. The van der Waals surface area contributed by atoms with Gasteiger partial charge in [0.05, 0.1) is 16.1 Å². The molecule has 0 bridgehead atoms. The quantitative estimate of drug-likeness (QED) is 0.682. The van der Waals surface area contributed by atoms with Crippen LogP contribution in [0.25, 0.3) is 10.2 Å². The van der Waals surface area contributed by atoms with Crippen molar-refractivity contribution in [1.29, 1.82) is 0 Å². The first-order valence-corrected chi connectivity index (χ1v) is 10.7. The maximum atomic E-state index is 12.8. The zero-order valence-electron chi connectivity index (χ0n) is 15.4. The maximum Gasteiger partial charge on any atom is 0.257 e. The van der Waals surface area contributed by atoms with Crippen LogP contribution in [0.5, 0.6) is 0 Å². The lowest BCUT2D eigenvalue weighted by molar-refractivity contribution is -0.119. The molecule has 0 spiro atoms. The van der Waals surface area contributed by atoms with Crippen molar-refractivity contribution in [3.8, 4) is 0 Å². The zero-order chi connectivity index (χ0) is 19.1. The summed E-state index contributed by atoms with van der Waals surface area (Å²) in [7, 11) is 0. The number of thioether (sulfide) groups is 1. The molecule has 0 radical (unpaired) electrons. The third-order valence-corrected chi connectivity index (χ3v) is 6.90. The lowest BCUT2D eigenvalue weighted by Gasteiger charge is -2.24. The molecule has 6 nitrogen and oxygen atoms in total. The molecule has 0 saturated carbocycles. The van der Waals surface area contributed by atoms with Crippen LogP contribution in [0.15, 0.2) is 28.2 Å². The lowest BCUT2D eigenvalue weighted by Crippen LogP contribution is -2.38. The van der Waals surface area contributed by atoms with E-state index in [4.69, 9.17) is 0 Å². The number of fused-ring (bicyclic) bond motifs is 2. The molecule has 1 amide bonds. The number of carbonyl (C=O) groups is 1. The second-order valence-corrected chi connectivity index (χ2v) is 8.68. The Kier molecular flexibility index (Phi) is 4.77. The number of amides is 1. The van der Waals surface area contributed by atoms with Crippen LogP contribution in [0.1, 0.15) is 23.7 Å². The van der Waals surface area contributed by atoms with Crippen LogP contribution in [0.2, 0.25) is 0 Å². The number of rotatable bonds is 3. The van der Waals surface area contributed by atoms with E-state index >= 15 is 0 Å². The van der Waals surface area contributed by atoms with Gasteiger partial charge in [-0.2, -0.15) is 0 Å². The van der Waals surface area contributed by atoms with Crippen LogP contribution in [-0.4, -0.2) is 26.2 Å². The van der Waals surface area contributed by atoms with Gasteiger partial charge in [-0.3, -0.25) is 14.2 Å². The van der Waals surface area contributed by atoms with Crippen molar-refractivity contribution in [2.75, 3.05) is 11.1 Å². The molecule has 140 valence electrons. The molecule has 1 aromatic carbocycles. The normalized spacial score (nSPS) is 16.3. The Bertz CT molecular complexity index is 1100. The van der Waals surface area contributed by atoms with E-state index in [0.29, 0.717) is 29.0 Å². The fourth-order valence-corrected chi connectivity index (χ4v) is 5.38. The summed E-state index contributed by atoms with van der Waals surface area (Å²) in [5, 5.41) is 4.24. The van der Waals surface area contributed by atoms with Gasteiger partial charge in [0.15, 0.2) is 10.3 Å². The number of thiazole rings is 1. The number of hydrogen-bond acceptors (Lipinski definition) is 6. The van der Waals surface area contributed by atoms with E-state index in [0.717, 1.165) is 27.0 Å². The molecule has 4 rings (SSSR count). The number of carbonyl (C=O) groups excluding carboxylic acids is 1. The first-order chi connectivity index (χ1) is 13.0. The molecular formula is C19H20N4O2S2. The second kappa shape index (κ2) is 7.09. The summed E-state index contributed by atoms with van der Waals surface area (Å²) in [5.74, 6) is 0.213. The lowest BCUT2D eigenvalue weighted by atomic mass is 10.1. The summed E-state index contributed by atoms with van der Waals surface area (Å²) in [6.07, 6.45) is 0.643. The minimum absolute atomic E-state index is 0.0272. The van der Waals surface area contributed by atoms with Crippen LogP contribution in [0.4, 0.5) is 5.13 Å². The van der Waals surface area contributed by atoms with Gasteiger partial charge < -0.3 is 5.32 Å². The van der Waals surface area contributed by atoms with Gasteiger partial charge in [-0.1, -0.05) is 42.2 Å². The van der Waals surface area contributed by atoms with E-state index in [1.807, 2.05) is 39.0 Å². The fourth-order valence-electron chi connectivity index (χ4n) is 3.31. The van der Waals surface area contributed by atoms with Crippen molar-refractivity contribution >= 4 is 44.4 Å². The number of para-hydroxylation sites is 1. The van der Waals surface area contributed by atoms with Gasteiger partial charge in [0.25, 0.3) is 5.56 Å². The predicted molar refractivity (Wildman–Crippen MR) is 110 cm³/mol. The van der Waals surface area contributed by atoms with E-state index in [-0.39, 0.29) is 17.4 Å². The molecule has 0 aliphatic carbocycles. The first kappa shape index (κ1) is 18.2. The molecule has 1 N–H and O–H groups in total. The van der Waals surface area contributed by atoms with Crippen LogP contribution >= 0.6 is 23.1 Å². The number of anilines is 1. The number of benzene rings is 1. The van der Waals surface area contributed by atoms with Gasteiger partial charge in [0.1, 0.15) is 0 Å². The van der Waals surface area contributed by atoms with Gasteiger partial charge in [-0.25, -0.2) is 9.97 Å². The van der Waals surface area contributed by atoms with Gasteiger partial charge in [-0.15, -0.1) is 0 Å². The van der Waals surface area contributed by atoms with E-state index in [9.17, 15) is 9.59 Å². The number of aryl methyl sites for hydroxylation is 2. The summed E-state index contributed by atoms with van der Waals surface area (Å²) in [5.41, 5.74) is 3.49. The zero-order valence-corrected chi connectivity index (χ0v) is 17.0. The number of nitrogens with one attached hydrogen (secondary N) is 1. The third-order valence-electron chi connectivity index (χ3n) is 4.83. The number of aromatic nitrogens is 3. The Morgan fingerprint density at radius 1 is 1.33 bits per heavy atom. The van der Waals surface area contributed by atoms with Crippen LogP contribution in [0.3, 0.4) is 0 Å². The second-order valence-electron chi connectivity index (χ2n) is 6.67. The Morgan fingerprint density at radius 3 is 2.89 bits per heavy atom. The molecule has 2 aromatic heterocycles. The minimum atomic E-state index is -0.289. The first-order valence-electron chi connectivity index (χ1n) is 8.88. The van der Waals surface area contributed by atoms with Gasteiger partial charge in [-0.05, 0) is 31.9 Å². The average Bonchev–Trinajstić information content (AvgIpc) is 3.05. The standard InChI is InChI=1S/C19H20N4O2S2/c1-4-13-11(3)20-19-23(17(13)25)8-12(9-26-19)16(24)22-18-21-15-10(2)6-5-7-14(15)27-18/h5-7,12H,4,8-9H2,1-3H3,(H,21,22,24). The van der Waals surface area contributed by atoms with Crippen molar-refractivity contribution in [2.24, 2.45) is 5.92 Å². The Labute approximate surface area is 165 Å². The molecule has 1 aliphatic heterocycles. The maximum absolute atomic E-state index is 12.8. The van der Waals surface area contributed by atoms with E-state index in [2.05, 4.69) is 15.3 Å². The third kappa shape index (κ3) is 3.27. The van der Waals surface area contributed by atoms with Crippen LogP contribution in [-0.2, 0) is 17.8 Å². The summed E-state index contributed by atoms with van der Waals surface area (Å²) in [6, 6.07) is 6.00. The molecule has 1 unspecified atom stereocenters. The summed E-state index contributed by atoms with van der Waals surface area (Å²) >= 11 is 2.93. The van der Waals surface area contributed by atoms with E-state index in [1.54, 1.807) is 4.57 Å². The summed E-state index contributed by atoms with van der Waals surface area (Å²) in [4.78, 5) is 34.6. The minimum Gasteiger partial charge on any atom is -0.302 e. The smallest absolute Gasteiger partial charge is 0.257 e. The Balaban J connectivity index is 1.57. The van der Waals surface area contributed by atoms with Crippen LogP contribution < -0.4 is 10.9 Å². The molecule has 0 fully saturated rings. The molecule has 8 heteroatoms. The van der Waals surface area contributed by atoms with Crippen molar-refractivity contribution in [3.05, 3.63) is 45.4 Å². The largest absolute Gasteiger partial charge is 0.302 e. The molecule has 1 aliphatic rings. The van der Waals surface area contributed by atoms with E-state index < -0.39 is 0 Å². The highest BCUT2D eigenvalue weighted by Crippen LogP contribution is 2.30. The predicted octanol–water partition coefficient (Wildman–Crippen LogP) is 3.39. The van der Waals surface area contributed by atoms with Gasteiger partial charge >= 0.3 is 0 Å². The number of nitrogens with zero attached hydrogens (tertiary/aromatic N) is 3.